The van der Waals surface area contributed by atoms with Crippen LogP contribution < -0.4 is 0 Å². The number of piperazine rings is 1. The van der Waals surface area contributed by atoms with Crippen molar-refractivity contribution in [3.8, 4) is 0 Å². The van der Waals surface area contributed by atoms with Crippen molar-refractivity contribution in [1.29, 1.82) is 0 Å². The molecule has 1 aliphatic heterocycles. The third kappa shape index (κ3) is 5.50. The van der Waals surface area contributed by atoms with Crippen molar-refractivity contribution in [2.45, 2.75) is 19.9 Å². The maximum absolute atomic E-state index is 12.6. The number of amides is 1. The van der Waals surface area contributed by atoms with Crippen molar-refractivity contribution < 1.29 is 14.3 Å². The largest absolute Gasteiger partial charge is 0.465 e. The zero-order chi connectivity index (χ0) is 21.6. The van der Waals surface area contributed by atoms with Gasteiger partial charge in [0.05, 0.1) is 6.61 Å². The molecular formula is C25H30ClN3O3. The quantitative estimate of drug-likeness (QED) is 0.510. The minimum atomic E-state index is -0.214. The maximum atomic E-state index is 12.6. The van der Waals surface area contributed by atoms with Gasteiger partial charge in [-0.1, -0.05) is 36.4 Å². The van der Waals surface area contributed by atoms with Crippen molar-refractivity contribution >= 4 is 35.2 Å². The van der Waals surface area contributed by atoms with E-state index in [0.29, 0.717) is 6.61 Å². The van der Waals surface area contributed by atoms with E-state index < -0.39 is 0 Å². The van der Waals surface area contributed by atoms with E-state index in [0.717, 1.165) is 50.2 Å². The zero-order valence-corrected chi connectivity index (χ0v) is 19.2. The Morgan fingerprint density at radius 3 is 2.34 bits per heavy atom. The molecule has 0 spiro atoms. The summed E-state index contributed by atoms with van der Waals surface area (Å²) in [5.41, 5.74) is 3.05. The first-order valence-corrected chi connectivity index (χ1v) is 10.9. The smallest absolute Gasteiger partial charge is 0.325 e. The summed E-state index contributed by atoms with van der Waals surface area (Å²) in [6.07, 6.45) is 2.99. The summed E-state index contributed by atoms with van der Waals surface area (Å²) in [6, 6.07) is 17.7. The number of halogens is 1. The van der Waals surface area contributed by atoms with Gasteiger partial charge in [-0.15, -0.1) is 12.4 Å². The first-order valence-electron chi connectivity index (χ1n) is 10.9. The number of hydrogen-bond acceptors (Lipinski definition) is 4. The Balaban J connectivity index is 0.00000289. The third-order valence-corrected chi connectivity index (χ3v) is 5.85. The van der Waals surface area contributed by atoms with E-state index in [4.69, 9.17) is 4.74 Å². The molecule has 0 radical (unpaired) electrons. The van der Waals surface area contributed by atoms with Crippen LogP contribution in [0.3, 0.4) is 0 Å². The molecule has 1 aromatic heterocycles. The summed E-state index contributed by atoms with van der Waals surface area (Å²) in [6.45, 7) is 6.63. The van der Waals surface area contributed by atoms with E-state index in [9.17, 15) is 9.59 Å². The van der Waals surface area contributed by atoms with Gasteiger partial charge < -0.3 is 14.2 Å². The molecule has 1 aliphatic rings. The monoisotopic (exact) mass is 455 g/mol. The number of carbonyl (C=O) groups is 2. The van der Waals surface area contributed by atoms with E-state index >= 15 is 0 Å². The van der Waals surface area contributed by atoms with Crippen LogP contribution in [0.1, 0.15) is 22.8 Å². The fourth-order valence-electron chi connectivity index (χ4n) is 4.22. The second-order valence-electron chi connectivity index (χ2n) is 7.85. The standard InChI is InChI=1S/C25H29N3O3.ClH/c1-2-31-24(29)19-28-18-21(22-10-6-7-11-23(22)28)12-13-26-14-16-27(17-15-26)25(30)20-8-4-3-5-9-20;/h3-11,18H,2,12-17,19H2,1H3;1H. The molecule has 4 rings (SSSR count). The number of ether oxygens (including phenoxy) is 1. The molecule has 2 aromatic carbocycles. The number of aromatic nitrogens is 1. The Morgan fingerprint density at radius 1 is 0.938 bits per heavy atom. The van der Waals surface area contributed by atoms with E-state index in [1.54, 1.807) is 0 Å². The van der Waals surface area contributed by atoms with Gasteiger partial charge in [0, 0.05) is 55.4 Å². The van der Waals surface area contributed by atoms with Crippen molar-refractivity contribution in [3.05, 3.63) is 71.9 Å². The molecule has 1 fully saturated rings. The second kappa shape index (κ2) is 11.2. The van der Waals surface area contributed by atoms with Crippen molar-refractivity contribution in [2.75, 3.05) is 39.3 Å². The van der Waals surface area contributed by atoms with Crippen molar-refractivity contribution in [2.24, 2.45) is 0 Å². The highest BCUT2D eigenvalue weighted by Gasteiger charge is 2.22. The topological polar surface area (TPSA) is 54.8 Å². The van der Waals surface area contributed by atoms with Crippen LogP contribution in [-0.2, 0) is 22.5 Å². The molecule has 6 nitrogen and oxygen atoms in total. The van der Waals surface area contributed by atoms with Gasteiger partial charge in [-0.3, -0.25) is 14.5 Å². The Kier molecular flexibility index (Phi) is 8.31. The van der Waals surface area contributed by atoms with Gasteiger partial charge in [-0.05, 0) is 37.1 Å². The Hall–Kier alpha value is -2.83. The van der Waals surface area contributed by atoms with Crippen LogP contribution in [0, 0.1) is 0 Å². The highest BCUT2D eigenvalue weighted by atomic mass is 35.5. The summed E-state index contributed by atoms with van der Waals surface area (Å²) < 4.78 is 7.11. The molecule has 1 saturated heterocycles. The van der Waals surface area contributed by atoms with E-state index in [1.807, 2.05) is 64.9 Å². The van der Waals surface area contributed by atoms with Gasteiger partial charge in [0.1, 0.15) is 6.54 Å². The van der Waals surface area contributed by atoms with Crippen molar-refractivity contribution in [3.63, 3.8) is 0 Å². The molecule has 3 aromatic rings. The highest BCUT2D eigenvalue weighted by molar-refractivity contribution is 5.94. The fourth-order valence-corrected chi connectivity index (χ4v) is 4.22. The highest BCUT2D eigenvalue weighted by Crippen LogP contribution is 2.22. The SMILES string of the molecule is CCOC(=O)Cn1cc(CCN2CCN(C(=O)c3ccccc3)CC2)c2ccccc21.Cl. The number of esters is 1. The van der Waals surface area contributed by atoms with Crippen LogP contribution >= 0.6 is 12.4 Å². The average Bonchev–Trinajstić information content (AvgIpc) is 3.15. The van der Waals surface area contributed by atoms with E-state index in [2.05, 4.69) is 17.2 Å². The second-order valence-corrected chi connectivity index (χ2v) is 7.85. The first kappa shape index (κ1) is 23.8. The van der Waals surface area contributed by atoms with Gasteiger partial charge in [-0.2, -0.15) is 0 Å². The number of nitrogens with zero attached hydrogens (tertiary/aromatic N) is 3. The Morgan fingerprint density at radius 2 is 1.62 bits per heavy atom. The lowest BCUT2D eigenvalue weighted by Gasteiger charge is -2.34. The molecule has 1 amide bonds. The van der Waals surface area contributed by atoms with Crippen LogP contribution in [0.15, 0.2) is 60.8 Å². The molecule has 0 atom stereocenters. The molecule has 0 unspecified atom stereocenters. The number of benzene rings is 2. The number of para-hydroxylation sites is 1. The lowest BCUT2D eigenvalue weighted by Crippen LogP contribution is -2.49. The first-order chi connectivity index (χ1) is 15.2. The summed E-state index contributed by atoms with van der Waals surface area (Å²) >= 11 is 0. The van der Waals surface area contributed by atoms with Crippen molar-refractivity contribution in [1.82, 2.24) is 14.4 Å². The lowest BCUT2D eigenvalue weighted by molar-refractivity contribution is -0.143. The molecule has 0 bridgehead atoms. The summed E-state index contributed by atoms with van der Waals surface area (Å²) in [4.78, 5) is 29.0. The van der Waals surface area contributed by atoms with Gasteiger partial charge >= 0.3 is 5.97 Å². The molecule has 170 valence electrons. The predicted molar refractivity (Wildman–Crippen MR) is 128 cm³/mol. The predicted octanol–water partition coefficient (Wildman–Crippen LogP) is 3.63. The summed E-state index contributed by atoms with van der Waals surface area (Å²) in [5.74, 6) is -0.101. The van der Waals surface area contributed by atoms with Gasteiger partial charge in [0.15, 0.2) is 0 Å². The van der Waals surface area contributed by atoms with Crippen LogP contribution in [-0.4, -0.2) is 65.6 Å². The molecular weight excluding hydrogens is 426 g/mol. The molecule has 32 heavy (non-hydrogen) atoms. The average molecular weight is 456 g/mol. The number of rotatable bonds is 7. The Labute approximate surface area is 195 Å². The normalized spacial score (nSPS) is 14.2. The molecule has 2 heterocycles. The van der Waals surface area contributed by atoms with Crippen LogP contribution in [0.4, 0.5) is 0 Å². The maximum Gasteiger partial charge on any atom is 0.325 e. The van der Waals surface area contributed by atoms with E-state index in [1.165, 1.54) is 10.9 Å². The summed E-state index contributed by atoms with van der Waals surface area (Å²) in [7, 11) is 0. The zero-order valence-electron chi connectivity index (χ0n) is 18.4. The van der Waals surface area contributed by atoms with Gasteiger partial charge in [0.2, 0.25) is 0 Å². The lowest BCUT2D eigenvalue weighted by atomic mass is 10.1. The number of hydrogen-bond donors (Lipinski definition) is 0. The Bertz CT molecular complexity index is 1040. The van der Waals surface area contributed by atoms with Crippen LogP contribution in [0.25, 0.3) is 10.9 Å². The molecule has 0 saturated carbocycles. The van der Waals surface area contributed by atoms with Crippen LogP contribution in [0.5, 0.6) is 0 Å². The number of carbonyl (C=O) groups excluding carboxylic acids is 2. The third-order valence-electron chi connectivity index (χ3n) is 5.85. The summed E-state index contributed by atoms with van der Waals surface area (Å²) in [5, 5.41) is 1.18. The van der Waals surface area contributed by atoms with E-state index in [-0.39, 0.29) is 30.8 Å². The van der Waals surface area contributed by atoms with Crippen LogP contribution in [0.2, 0.25) is 0 Å². The molecule has 0 aliphatic carbocycles. The van der Waals surface area contributed by atoms with Gasteiger partial charge in [-0.25, -0.2) is 0 Å². The number of fused-ring (bicyclic) bond motifs is 1. The fraction of sp³-hybridized carbons (Fsp3) is 0.360. The van der Waals surface area contributed by atoms with Gasteiger partial charge in [0.25, 0.3) is 5.91 Å². The minimum absolute atomic E-state index is 0. The molecule has 7 heteroatoms. The molecule has 0 N–H and O–H groups in total. The minimum Gasteiger partial charge on any atom is -0.465 e.